The van der Waals surface area contributed by atoms with Gasteiger partial charge < -0.3 is 19.9 Å². The molecule has 21 heavy (non-hydrogen) atoms. The lowest BCUT2D eigenvalue weighted by atomic mass is 10.0. The average Bonchev–Trinajstić information content (AvgIpc) is 3.09. The van der Waals surface area contributed by atoms with Gasteiger partial charge in [-0.25, -0.2) is 4.79 Å². The van der Waals surface area contributed by atoms with E-state index in [0.29, 0.717) is 0 Å². The standard InChI is InChI=1S/C16H21N3O2/c1-19(2)6-5-12-9-17-15-4-3-11(8-14(12)15)7-13-10-21-16(20)18-13/h3-4,8-9,13,17H,5-7,10H2,1-2H3,(H,18,20)/t13-/m0/s1/i3D,4D,5D2,6D2,8D,9D,10D2,13D. The molecule has 0 bridgehead atoms. The molecule has 1 aliphatic heterocycles. The van der Waals surface area contributed by atoms with Crippen LogP contribution < -0.4 is 5.32 Å². The molecule has 0 unspecified atom stereocenters. The summed E-state index contributed by atoms with van der Waals surface area (Å²) < 4.78 is 94.9. The maximum Gasteiger partial charge on any atom is 0.407 e. The van der Waals surface area contributed by atoms with Crippen molar-refractivity contribution < 1.29 is 24.6 Å². The predicted molar refractivity (Wildman–Crippen MR) is 82.5 cm³/mol. The fraction of sp³-hybridized carbons (Fsp3) is 0.438. The second-order valence-corrected chi connectivity index (χ2v) is 4.63. The third-order valence-corrected chi connectivity index (χ3v) is 2.70. The number of benzene rings is 1. The molecule has 2 aromatic rings. The van der Waals surface area contributed by atoms with Crippen LogP contribution in [0.3, 0.4) is 0 Å². The van der Waals surface area contributed by atoms with Crippen LogP contribution in [0.5, 0.6) is 0 Å². The van der Waals surface area contributed by atoms with Crippen LogP contribution >= 0.6 is 0 Å². The molecular weight excluding hydrogens is 266 g/mol. The zero-order chi connectivity index (χ0) is 24.6. The molecule has 1 fully saturated rings. The zero-order valence-electron chi connectivity index (χ0n) is 22.5. The molecule has 0 saturated carbocycles. The van der Waals surface area contributed by atoms with Crippen molar-refractivity contribution in [3.63, 3.8) is 0 Å². The molecule has 2 heterocycles. The number of fused-ring (bicyclic) bond motifs is 1. The molecule has 1 aromatic carbocycles. The Hall–Kier alpha value is -2.01. The molecule has 1 amide bonds. The van der Waals surface area contributed by atoms with Crippen molar-refractivity contribution in [1.82, 2.24) is 15.2 Å². The molecule has 0 spiro atoms. The number of hydrogen-bond acceptors (Lipinski definition) is 3. The first kappa shape index (κ1) is 6.01. The first-order valence-corrected chi connectivity index (χ1v) is 6.19. The number of cyclic esters (lactones) is 1. The van der Waals surface area contributed by atoms with Crippen molar-refractivity contribution in [2.45, 2.75) is 18.8 Å². The topological polar surface area (TPSA) is 57.4 Å². The average molecular weight is 298 g/mol. The minimum Gasteiger partial charge on any atom is -0.447 e. The number of hydrogen-bond donors (Lipinski definition) is 2. The fourth-order valence-electron chi connectivity index (χ4n) is 1.80. The van der Waals surface area contributed by atoms with E-state index in [1.54, 1.807) is 0 Å². The summed E-state index contributed by atoms with van der Waals surface area (Å²) in [4.78, 5) is 14.9. The molecule has 3 rings (SSSR count). The molecule has 1 aliphatic rings. The highest BCUT2D eigenvalue weighted by Crippen LogP contribution is 2.21. The number of H-pyrrole nitrogens is 1. The number of likely N-dealkylation sites (N-methyl/N-ethyl adjacent to an activating group) is 1. The lowest BCUT2D eigenvalue weighted by Crippen LogP contribution is -2.28. The van der Waals surface area contributed by atoms with Gasteiger partial charge in [0.2, 0.25) is 0 Å². The summed E-state index contributed by atoms with van der Waals surface area (Å²) in [6, 6.07) is -4.13. The van der Waals surface area contributed by atoms with Crippen molar-refractivity contribution in [1.29, 1.82) is 0 Å². The molecule has 5 heteroatoms. The van der Waals surface area contributed by atoms with Crippen molar-refractivity contribution in [3.8, 4) is 0 Å². The van der Waals surface area contributed by atoms with Gasteiger partial charge in [-0.3, -0.25) is 0 Å². The van der Waals surface area contributed by atoms with Crippen LogP contribution in [0, 0.1) is 0 Å². The first-order chi connectivity index (χ1) is 14.4. The van der Waals surface area contributed by atoms with Crippen LogP contribution in [0.1, 0.15) is 26.2 Å². The third kappa shape index (κ3) is 3.19. The lowest BCUT2D eigenvalue weighted by Gasteiger charge is -2.09. The highest BCUT2D eigenvalue weighted by molar-refractivity contribution is 5.84. The van der Waals surface area contributed by atoms with Gasteiger partial charge in [0.15, 0.2) is 0 Å². The predicted octanol–water partition coefficient (Wildman–Crippen LogP) is 1.92. The molecule has 2 N–H and O–H groups in total. The molecule has 0 radical (unpaired) electrons. The third-order valence-electron chi connectivity index (χ3n) is 2.70. The van der Waals surface area contributed by atoms with Gasteiger partial charge in [-0.2, -0.15) is 0 Å². The number of ether oxygens (including phenoxy) is 1. The summed E-state index contributed by atoms with van der Waals surface area (Å²) >= 11 is 0. The Morgan fingerprint density at radius 3 is 3.19 bits per heavy atom. The van der Waals surface area contributed by atoms with E-state index in [0.717, 1.165) is 4.90 Å². The second kappa shape index (κ2) is 5.77. The summed E-state index contributed by atoms with van der Waals surface area (Å²) in [5.74, 6) is 0. The number of aryl methyl sites for hydroxylation is 1. The first-order valence-electron chi connectivity index (χ1n) is 11.7. The van der Waals surface area contributed by atoms with E-state index in [4.69, 9.17) is 15.1 Å². The van der Waals surface area contributed by atoms with Crippen molar-refractivity contribution >= 4 is 17.0 Å². The summed E-state index contributed by atoms with van der Waals surface area (Å²) in [5, 5.41) is 1.67. The van der Waals surface area contributed by atoms with E-state index in [1.807, 2.05) is 5.32 Å². The summed E-state index contributed by atoms with van der Waals surface area (Å²) in [5.41, 5.74) is -1.12. The van der Waals surface area contributed by atoms with E-state index in [9.17, 15) is 4.79 Å². The molecule has 1 aromatic heterocycles. The zero-order valence-corrected chi connectivity index (χ0v) is 11.5. The smallest absolute Gasteiger partial charge is 0.407 e. The summed E-state index contributed by atoms with van der Waals surface area (Å²) in [7, 11) is 2.60. The van der Waals surface area contributed by atoms with Gasteiger partial charge in [0, 0.05) is 29.1 Å². The summed E-state index contributed by atoms with van der Waals surface area (Å²) in [6.07, 6.45) is -5.39. The van der Waals surface area contributed by atoms with Crippen LogP contribution in [-0.2, 0) is 17.5 Å². The SMILES string of the molecule is [2H]c1[nH]c2c([2H])c([2H])c(C[C@]3([2H])NC(=O)OC3([2H])[2H])c([2H])c2c1C([2H])([2H])C([2H])([2H])N(C)C. The normalized spacial score (nSPS) is 33.1. The highest BCUT2D eigenvalue weighted by Gasteiger charge is 2.22. The molecule has 1 atom stereocenters. The Balaban J connectivity index is 2.31. The maximum atomic E-state index is 11.5. The van der Waals surface area contributed by atoms with Crippen molar-refractivity contribution in [3.05, 3.63) is 35.4 Å². The molecule has 112 valence electrons. The van der Waals surface area contributed by atoms with Gasteiger partial charge in [0.1, 0.15) is 6.56 Å². The number of amides is 1. The highest BCUT2D eigenvalue weighted by atomic mass is 16.6. The van der Waals surface area contributed by atoms with Gasteiger partial charge >= 0.3 is 6.09 Å². The summed E-state index contributed by atoms with van der Waals surface area (Å²) in [6.45, 7) is -5.45. The van der Waals surface area contributed by atoms with Gasteiger partial charge in [-0.05, 0) is 50.1 Å². The van der Waals surface area contributed by atoms with Crippen LogP contribution in [0.15, 0.2) is 24.3 Å². The van der Waals surface area contributed by atoms with Crippen molar-refractivity contribution in [2.24, 2.45) is 0 Å². The van der Waals surface area contributed by atoms with Crippen LogP contribution in [0.2, 0.25) is 0 Å². The Bertz CT molecular complexity index is 1110. The largest absolute Gasteiger partial charge is 0.447 e. The van der Waals surface area contributed by atoms with Gasteiger partial charge in [-0.15, -0.1) is 0 Å². The number of rotatable bonds is 5. The van der Waals surface area contributed by atoms with Crippen LogP contribution in [0.25, 0.3) is 10.9 Å². The monoisotopic (exact) mass is 298 g/mol. The molecule has 0 aliphatic carbocycles. The molecule has 1 saturated heterocycles. The van der Waals surface area contributed by atoms with Gasteiger partial charge in [-0.1, -0.05) is 6.04 Å². The van der Waals surface area contributed by atoms with E-state index in [2.05, 4.69) is 9.72 Å². The number of nitrogens with one attached hydrogen (secondary N) is 2. The quantitative estimate of drug-likeness (QED) is 0.887. The van der Waals surface area contributed by atoms with Gasteiger partial charge in [0.05, 0.1) is 15.6 Å². The Morgan fingerprint density at radius 1 is 1.62 bits per heavy atom. The minimum absolute atomic E-state index is 0.226. The Kier molecular flexibility index (Phi) is 1.65. The van der Waals surface area contributed by atoms with E-state index >= 15 is 0 Å². The number of aromatic nitrogens is 1. The van der Waals surface area contributed by atoms with E-state index < -0.39 is 67.8 Å². The maximum absolute atomic E-state index is 11.5. The molecular formula is C16H21N3O2. The number of carbonyl (C=O) groups is 1. The number of aromatic amines is 1. The van der Waals surface area contributed by atoms with Crippen LogP contribution in [0.4, 0.5) is 4.79 Å². The van der Waals surface area contributed by atoms with Crippen LogP contribution in [-0.4, -0.2) is 49.1 Å². The van der Waals surface area contributed by atoms with Crippen molar-refractivity contribution in [2.75, 3.05) is 27.2 Å². The number of nitrogens with zero attached hydrogens (tertiary/aromatic N) is 1. The Morgan fingerprint density at radius 2 is 2.48 bits per heavy atom. The minimum atomic E-state index is -2.84. The number of alkyl carbamates (subject to hydrolysis) is 1. The van der Waals surface area contributed by atoms with E-state index in [1.165, 1.54) is 14.1 Å². The van der Waals surface area contributed by atoms with E-state index in [-0.39, 0.29) is 16.5 Å². The lowest BCUT2D eigenvalue weighted by molar-refractivity contribution is 0.177. The second-order valence-electron chi connectivity index (χ2n) is 4.63. The van der Waals surface area contributed by atoms with Gasteiger partial charge in [0.25, 0.3) is 0 Å². The fourth-order valence-corrected chi connectivity index (χ4v) is 1.80. The molecule has 5 nitrogen and oxygen atoms in total. The Labute approximate surface area is 139 Å². The number of carbonyl (C=O) groups excluding carboxylic acids is 1.